The molecule has 21 heavy (non-hydrogen) atoms. The smallest absolute Gasteiger partial charge is 0.312 e. The van der Waals surface area contributed by atoms with Gasteiger partial charge >= 0.3 is 5.97 Å². The summed E-state index contributed by atoms with van der Waals surface area (Å²) in [4.78, 5) is 20.6. The van der Waals surface area contributed by atoms with Crippen molar-refractivity contribution in [3.8, 4) is 0 Å². The quantitative estimate of drug-likeness (QED) is 0.777. The van der Waals surface area contributed by atoms with Crippen molar-refractivity contribution in [3.63, 3.8) is 0 Å². The van der Waals surface area contributed by atoms with Crippen molar-refractivity contribution in [1.82, 2.24) is 9.97 Å². The lowest BCUT2D eigenvalue weighted by molar-refractivity contribution is -0.143. The van der Waals surface area contributed by atoms with Gasteiger partial charge in [-0.2, -0.15) is 0 Å². The van der Waals surface area contributed by atoms with Gasteiger partial charge in [-0.15, -0.1) is 0 Å². The second-order valence-corrected chi connectivity index (χ2v) is 5.42. The Morgan fingerprint density at radius 3 is 2.86 bits per heavy atom. The van der Waals surface area contributed by atoms with E-state index in [-0.39, 0.29) is 17.8 Å². The fourth-order valence-electron chi connectivity index (χ4n) is 2.56. The van der Waals surface area contributed by atoms with Crippen LogP contribution in [0.2, 0.25) is 5.15 Å². The van der Waals surface area contributed by atoms with Gasteiger partial charge in [0.2, 0.25) is 0 Å². The lowest BCUT2D eigenvalue weighted by atomic mass is 9.97. The van der Waals surface area contributed by atoms with Crippen LogP contribution in [-0.4, -0.2) is 23.0 Å². The first-order valence-corrected chi connectivity index (χ1v) is 7.23. The molecule has 5 heteroatoms. The number of nitrogens with zero attached hydrogens (tertiary/aromatic N) is 2. The first-order chi connectivity index (χ1) is 10.2. The van der Waals surface area contributed by atoms with Crippen LogP contribution in [0, 0.1) is 5.92 Å². The molecule has 0 bridgehead atoms. The fraction of sp³-hybridized carbons (Fsp3) is 0.312. The molecule has 1 aromatic heterocycles. The van der Waals surface area contributed by atoms with Gasteiger partial charge in [0.05, 0.1) is 29.4 Å². The summed E-state index contributed by atoms with van der Waals surface area (Å²) in [7, 11) is 1.39. The van der Waals surface area contributed by atoms with Crippen LogP contribution in [0.4, 0.5) is 0 Å². The van der Waals surface area contributed by atoms with Crippen LogP contribution in [0.3, 0.4) is 0 Å². The molecular weight excluding hydrogens is 288 g/mol. The average molecular weight is 303 g/mol. The van der Waals surface area contributed by atoms with Crippen molar-refractivity contribution in [1.29, 1.82) is 0 Å². The van der Waals surface area contributed by atoms with Crippen molar-refractivity contribution < 1.29 is 9.53 Å². The number of methoxy groups -OCH3 is 1. The van der Waals surface area contributed by atoms with E-state index in [2.05, 4.69) is 22.1 Å². The second kappa shape index (κ2) is 5.82. The zero-order valence-corrected chi connectivity index (χ0v) is 12.4. The van der Waals surface area contributed by atoms with Gasteiger partial charge in [-0.3, -0.25) is 4.79 Å². The highest BCUT2D eigenvalue weighted by atomic mass is 35.5. The summed E-state index contributed by atoms with van der Waals surface area (Å²) in [5, 5.41) is 1.84. The van der Waals surface area contributed by atoms with Gasteiger partial charge in [0.1, 0.15) is 0 Å². The van der Waals surface area contributed by atoms with E-state index in [9.17, 15) is 4.79 Å². The summed E-state index contributed by atoms with van der Waals surface area (Å²) in [6.07, 6.45) is 13.3. The number of carbonyl (C=O) groups is 1. The highest BCUT2D eigenvalue weighted by Crippen LogP contribution is 2.26. The van der Waals surface area contributed by atoms with E-state index < -0.39 is 0 Å². The number of fused-ring (bicyclic) bond motifs is 1. The molecule has 2 aliphatic carbocycles. The molecule has 0 fully saturated rings. The Morgan fingerprint density at radius 1 is 1.29 bits per heavy atom. The average Bonchev–Trinajstić information content (AvgIpc) is 2.53. The number of esters is 1. The van der Waals surface area contributed by atoms with Crippen LogP contribution in [0.5, 0.6) is 0 Å². The minimum atomic E-state index is -0.309. The predicted octanol–water partition coefficient (Wildman–Crippen LogP) is 1.48. The fourth-order valence-corrected chi connectivity index (χ4v) is 2.83. The molecule has 3 rings (SSSR count). The summed E-state index contributed by atoms with van der Waals surface area (Å²) in [6.45, 7) is 0. The van der Waals surface area contributed by atoms with Gasteiger partial charge in [0, 0.05) is 5.92 Å². The van der Waals surface area contributed by atoms with Crippen LogP contribution in [0.25, 0.3) is 12.2 Å². The number of rotatable bonds is 2. The first-order valence-electron chi connectivity index (χ1n) is 6.85. The molecule has 2 unspecified atom stereocenters. The first kappa shape index (κ1) is 14.0. The highest BCUT2D eigenvalue weighted by molar-refractivity contribution is 6.30. The number of hydrogen-bond donors (Lipinski definition) is 0. The summed E-state index contributed by atoms with van der Waals surface area (Å²) < 4.78 is 4.77. The van der Waals surface area contributed by atoms with Gasteiger partial charge in [0.25, 0.3) is 0 Å². The zero-order valence-electron chi connectivity index (χ0n) is 11.6. The number of carbonyl (C=O) groups excluding carboxylic acids is 1. The molecule has 2 atom stereocenters. The Balaban J connectivity index is 2.02. The van der Waals surface area contributed by atoms with Crippen LogP contribution >= 0.6 is 11.6 Å². The molecular formula is C16H15ClN2O2. The maximum Gasteiger partial charge on any atom is 0.312 e. The van der Waals surface area contributed by atoms with Crippen molar-refractivity contribution in [3.05, 3.63) is 45.8 Å². The Labute approximate surface area is 127 Å². The molecule has 0 N–H and O–H groups in total. The van der Waals surface area contributed by atoms with E-state index in [0.717, 1.165) is 17.5 Å². The summed E-state index contributed by atoms with van der Waals surface area (Å²) >= 11 is 6.27. The van der Waals surface area contributed by atoms with E-state index in [1.165, 1.54) is 7.11 Å². The summed E-state index contributed by atoms with van der Waals surface area (Å²) in [5.41, 5.74) is 0.789. The Kier molecular flexibility index (Phi) is 3.88. The van der Waals surface area contributed by atoms with Gasteiger partial charge in [0.15, 0.2) is 5.15 Å². The molecule has 1 heterocycles. The van der Waals surface area contributed by atoms with Gasteiger partial charge < -0.3 is 4.74 Å². The zero-order chi connectivity index (χ0) is 14.8. The molecule has 0 radical (unpaired) electrons. The van der Waals surface area contributed by atoms with Crippen molar-refractivity contribution in [2.75, 3.05) is 7.11 Å². The topological polar surface area (TPSA) is 52.1 Å². The Morgan fingerprint density at radius 2 is 2.14 bits per heavy atom. The third-order valence-electron chi connectivity index (χ3n) is 3.69. The Hall–Kier alpha value is -1.94. The molecule has 0 aromatic carbocycles. The molecule has 2 aliphatic rings. The van der Waals surface area contributed by atoms with E-state index in [1.807, 2.05) is 18.2 Å². The van der Waals surface area contributed by atoms with E-state index in [4.69, 9.17) is 16.3 Å². The molecule has 0 saturated carbocycles. The van der Waals surface area contributed by atoms with E-state index in [0.29, 0.717) is 16.9 Å². The minimum Gasteiger partial charge on any atom is -0.469 e. The van der Waals surface area contributed by atoms with Gasteiger partial charge in [-0.05, 0) is 18.9 Å². The SMILES string of the molecule is COC(=O)C1C=c2nc(Cl)c(C3C=CC=CC3)nc2=CC1. The largest absolute Gasteiger partial charge is 0.469 e. The van der Waals surface area contributed by atoms with E-state index >= 15 is 0 Å². The van der Waals surface area contributed by atoms with Crippen molar-refractivity contribution in [2.45, 2.75) is 18.8 Å². The molecule has 4 nitrogen and oxygen atoms in total. The maximum atomic E-state index is 11.6. The second-order valence-electron chi connectivity index (χ2n) is 5.06. The van der Waals surface area contributed by atoms with Crippen LogP contribution < -0.4 is 10.7 Å². The number of halogens is 1. The molecule has 1 aromatic rings. The monoisotopic (exact) mass is 302 g/mol. The van der Waals surface area contributed by atoms with Crippen LogP contribution in [0.1, 0.15) is 24.5 Å². The van der Waals surface area contributed by atoms with Gasteiger partial charge in [-0.25, -0.2) is 9.97 Å². The van der Waals surface area contributed by atoms with Crippen molar-refractivity contribution in [2.24, 2.45) is 5.92 Å². The molecule has 0 aliphatic heterocycles. The normalized spacial score (nSPS) is 23.0. The van der Waals surface area contributed by atoms with Crippen LogP contribution in [-0.2, 0) is 9.53 Å². The molecule has 0 amide bonds. The number of ether oxygens (including phenoxy) is 1. The third-order valence-corrected chi connectivity index (χ3v) is 3.97. The predicted molar refractivity (Wildman–Crippen MR) is 81.0 cm³/mol. The van der Waals surface area contributed by atoms with Crippen molar-refractivity contribution >= 4 is 29.7 Å². The van der Waals surface area contributed by atoms with Gasteiger partial charge in [-0.1, -0.05) is 42.0 Å². The number of hydrogen-bond acceptors (Lipinski definition) is 4. The lowest BCUT2D eigenvalue weighted by Crippen LogP contribution is -2.38. The highest BCUT2D eigenvalue weighted by Gasteiger charge is 2.20. The lowest BCUT2D eigenvalue weighted by Gasteiger charge is -2.15. The standard InChI is InChI=1S/C16H15ClN2O2/c1-21-16(20)11-7-8-12-13(9-11)19-15(17)14(18-12)10-5-3-2-4-6-10/h2-5,8-11H,6-7H2,1H3. The molecule has 0 spiro atoms. The molecule has 0 saturated heterocycles. The van der Waals surface area contributed by atoms with E-state index in [1.54, 1.807) is 6.08 Å². The maximum absolute atomic E-state index is 11.6. The third kappa shape index (κ3) is 2.76. The minimum absolute atomic E-state index is 0.159. The molecule has 108 valence electrons. The summed E-state index contributed by atoms with van der Waals surface area (Å²) in [5.74, 6) is -0.414. The summed E-state index contributed by atoms with van der Waals surface area (Å²) in [6, 6.07) is 0. The number of aromatic nitrogens is 2. The number of allylic oxidation sites excluding steroid dienone is 4. The Bertz CT molecular complexity index is 752. The van der Waals surface area contributed by atoms with Crippen LogP contribution in [0.15, 0.2) is 24.3 Å².